The molecule has 120 valence electrons. The summed E-state index contributed by atoms with van der Waals surface area (Å²) in [6.45, 7) is 0. The first-order chi connectivity index (χ1) is 12.0. The standard InChI is InChI=1S/C24H24/c1-2-4-6-8-10-12-14-16-18-20-22-24-23-21-19-17-15-13-11-9-7-5-3-1/h1-24H/b2-1-,3-1?,4-2?,5-3+,6-4+,7-5?,8-6?,9-7+,10-8+,11-9?,12-10?,13-11+,14-12+,15-13?,16-14?,17-15-,18-16-,19-17?,20-18?,21-19+,22-20?,23-21?,24-22?,24-23?. The normalized spacial score (nSPS) is 29.3. The largest absolute Gasteiger partial charge is 0.0623 e. The molecular formula is C24H24. The molecule has 0 saturated carbocycles. The van der Waals surface area contributed by atoms with Gasteiger partial charge in [0.15, 0.2) is 0 Å². The van der Waals surface area contributed by atoms with Gasteiger partial charge in [0, 0.05) is 0 Å². The minimum absolute atomic E-state index is 2.00. The molecule has 1 rings (SSSR count). The quantitative estimate of drug-likeness (QED) is 0.468. The van der Waals surface area contributed by atoms with Crippen LogP contribution < -0.4 is 0 Å². The molecule has 1 aliphatic rings. The van der Waals surface area contributed by atoms with Crippen molar-refractivity contribution in [1.82, 2.24) is 0 Å². The summed E-state index contributed by atoms with van der Waals surface area (Å²) in [5, 5.41) is 0. The molecule has 0 aromatic rings. The van der Waals surface area contributed by atoms with E-state index in [0.29, 0.717) is 0 Å². The van der Waals surface area contributed by atoms with Gasteiger partial charge >= 0.3 is 0 Å². The highest BCUT2D eigenvalue weighted by molar-refractivity contribution is 5.24. The second-order valence-electron chi connectivity index (χ2n) is 4.62. The zero-order valence-electron chi connectivity index (χ0n) is 13.9. The van der Waals surface area contributed by atoms with Crippen LogP contribution in [0.25, 0.3) is 0 Å². The first kappa shape index (κ1) is 18.9. The fraction of sp³-hybridized carbons (Fsp3) is 0. The Bertz CT molecular complexity index is 398. The molecule has 0 fully saturated rings. The highest BCUT2D eigenvalue weighted by atomic mass is 13.7. The van der Waals surface area contributed by atoms with E-state index in [4.69, 9.17) is 0 Å². The number of allylic oxidation sites excluding steroid dienone is 24. The topological polar surface area (TPSA) is 0 Å². The van der Waals surface area contributed by atoms with Crippen molar-refractivity contribution in [3.8, 4) is 0 Å². The summed E-state index contributed by atoms with van der Waals surface area (Å²) in [6.07, 6.45) is 48.0. The van der Waals surface area contributed by atoms with Crippen molar-refractivity contribution in [3.63, 3.8) is 0 Å². The molecule has 0 aliphatic heterocycles. The second kappa shape index (κ2) is 16.3. The lowest BCUT2D eigenvalue weighted by atomic mass is 10.3. The van der Waals surface area contributed by atoms with E-state index in [1.807, 2.05) is 146 Å². The molecule has 0 atom stereocenters. The summed E-state index contributed by atoms with van der Waals surface area (Å²) >= 11 is 0. The molecule has 0 nitrogen and oxygen atoms in total. The Morgan fingerprint density at radius 2 is 0.125 bits per heavy atom. The molecule has 0 unspecified atom stereocenters. The summed E-state index contributed by atoms with van der Waals surface area (Å²) in [7, 11) is 0. The zero-order chi connectivity index (χ0) is 17.0. The van der Waals surface area contributed by atoms with Gasteiger partial charge in [-0.15, -0.1) is 0 Å². The Balaban J connectivity index is 2.67. The van der Waals surface area contributed by atoms with Crippen molar-refractivity contribution in [1.29, 1.82) is 0 Å². The van der Waals surface area contributed by atoms with Crippen LogP contribution in [0.15, 0.2) is 146 Å². The molecule has 0 spiro atoms. The molecule has 0 aromatic carbocycles. The Morgan fingerprint density at radius 3 is 0.167 bits per heavy atom. The van der Waals surface area contributed by atoms with Crippen LogP contribution in [-0.4, -0.2) is 0 Å². The molecule has 0 aromatic heterocycles. The Morgan fingerprint density at radius 1 is 0.0833 bits per heavy atom. The van der Waals surface area contributed by atoms with Gasteiger partial charge in [0.05, 0.1) is 0 Å². The summed E-state index contributed by atoms with van der Waals surface area (Å²) in [5.41, 5.74) is 0. The number of hydrogen-bond donors (Lipinski definition) is 0. The molecule has 0 heterocycles. The van der Waals surface area contributed by atoms with Crippen LogP contribution in [0.5, 0.6) is 0 Å². The predicted molar refractivity (Wildman–Crippen MR) is 110 cm³/mol. The Kier molecular flexibility index (Phi) is 12.8. The van der Waals surface area contributed by atoms with Gasteiger partial charge in [-0.1, -0.05) is 146 Å². The maximum Gasteiger partial charge on any atom is -0.0623 e. The van der Waals surface area contributed by atoms with E-state index in [2.05, 4.69) is 0 Å². The van der Waals surface area contributed by atoms with Crippen molar-refractivity contribution in [3.05, 3.63) is 146 Å². The SMILES string of the molecule is C1=C\C=C/C=C/C=C/C=C/C=C\C=C\C=C\C=C\C=C/C=C/C=C1. The van der Waals surface area contributed by atoms with Gasteiger partial charge in [0.25, 0.3) is 0 Å². The van der Waals surface area contributed by atoms with Crippen molar-refractivity contribution in [2.45, 2.75) is 0 Å². The molecule has 1 aliphatic carbocycles. The highest BCUT2D eigenvalue weighted by Crippen LogP contribution is 1.88. The summed E-state index contributed by atoms with van der Waals surface area (Å²) in [4.78, 5) is 0. The third kappa shape index (κ3) is 13.8. The van der Waals surface area contributed by atoms with Crippen molar-refractivity contribution < 1.29 is 0 Å². The van der Waals surface area contributed by atoms with Crippen LogP contribution in [0.2, 0.25) is 0 Å². The molecule has 0 radical (unpaired) electrons. The number of hydrogen-bond acceptors (Lipinski definition) is 0. The lowest BCUT2D eigenvalue weighted by Crippen LogP contribution is -1.55. The van der Waals surface area contributed by atoms with Crippen LogP contribution in [0.1, 0.15) is 0 Å². The maximum absolute atomic E-state index is 2.00. The van der Waals surface area contributed by atoms with Gasteiger partial charge in [-0.25, -0.2) is 0 Å². The van der Waals surface area contributed by atoms with Crippen LogP contribution in [0, 0.1) is 0 Å². The van der Waals surface area contributed by atoms with Gasteiger partial charge in [-0.2, -0.15) is 0 Å². The zero-order valence-corrected chi connectivity index (χ0v) is 13.9. The molecule has 0 N–H and O–H groups in total. The first-order valence-electron chi connectivity index (χ1n) is 8.00. The lowest BCUT2D eigenvalue weighted by molar-refractivity contribution is 1.81. The summed E-state index contributed by atoms with van der Waals surface area (Å²) < 4.78 is 0. The second-order valence-corrected chi connectivity index (χ2v) is 4.62. The molecule has 0 heteroatoms. The summed E-state index contributed by atoms with van der Waals surface area (Å²) in [5.74, 6) is 0. The average Bonchev–Trinajstić information content (AvgIpc) is 2.59. The highest BCUT2D eigenvalue weighted by Gasteiger charge is 1.67. The van der Waals surface area contributed by atoms with Gasteiger partial charge in [0.2, 0.25) is 0 Å². The van der Waals surface area contributed by atoms with Gasteiger partial charge in [0.1, 0.15) is 0 Å². The van der Waals surface area contributed by atoms with Crippen molar-refractivity contribution in [2.75, 3.05) is 0 Å². The van der Waals surface area contributed by atoms with Gasteiger partial charge in [-0.05, 0) is 0 Å². The van der Waals surface area contributed by atoms with Gasteiger partial charge in [-0.3, -0.25) is 0 Å². The fourth-order valence-corrected chi connectivity index (χ4v) is 1.54. The third-order valence-electron chi connectivity index (χ3n) is 2.67. The van der Waals surface area contributed by atoms with E-state index in [1.165, 1.54) is 0 Å². The summed E-state index contributed by atoms with van der Waals surface area (Å²) in [6, 6.07) is 0. The van der Waals surface area contributed by atoms with E-state index in [9.17, 15) is 0 Å². The maximum atomic E-state index is 2.00. The molecule has 24 heavy (non-hydrogen) atoms. The first-order valence-corrected chi connectivity index (χ1v) is 8.00. The van der Waals surface area contributed by atoms with Crippen molar-refractivity contribution >= 4 is 0 Å². The van der Waals surface area contributed by atoms with E-state index < -0.39 is 0 Å². The van der Waals surface area contributed by atoms with Crippen molar-refractivity contribution in [2.24, 2.45) is 0 Å². The number of rotatable bonds is 0. The minimum Gasteiger partial charge on any atom is -0.0623 e. The van der Waals surface area contributed by atoms with Crippen LogP contribution >= 0.6 is 0 Å². The molecule has 0 bridgehead atoms. The molecule has 0 saturated heterocycles. The third-order valence-corrected chi connectivity index (χ3v) is 2.67. The minimum atomic E-state index is 2.00. The molecule has 0 amide bonds. The van der Waals surface area contributed by atoms with Gasteiger partial charge < -0.3 is 0 Å². The van der Waals surface area contributed by atoms with Crippen LogP contribution in [0.3, 0.4) is 0 Å². The lowest BCUT2D eigenvalue weighted by Gasteiger charge is -1.77. The smallest absolute Gasteiger partial charge is 0.0623 e. The van der Waals surface area contributed by atoms with E-state index in [-0.39, 0.29) is 0 Å². The predicted octanol–water partition coefficient (Wildman–Crippen LogP) is 6.67. The van der Waals surface area contributed by atoms with Crippen LogP contribution in [-0.2, 0) is 0 Å². The molecular weight excluding hydrogens is 288 g/mol. The fourth-order valence-electron chi connectivity index (χ4n) is 1.54. The Hall–Kier alpha value is -3.12. The van der Waals surface area contributed by atoms with E-state index in [0.717, 1.165) is 0 Å². The van der Waals surface area contributed by atoms with E-state index >= 15 is 0 Å². The Labute approximate surface area is 146 Å². The average molecular weight is 312 g/mol. The monoisotopic (exact) mass is 312 g/mol. The van der Waals surface area contributed by atoms with E-state index in [1.54, 1.807) is 0 Å². The van der Waals surface area contributed by atoms with Crippen LogP contribution in [0.4, 0.5) is 0 Å².